The summed E-state index contributed by atoms with van der Waals surface area (Å²) in [6.45, 7) is -0.370. The number of aldehydes is 1. The zero-order valence-corrected chi connectivity index (χ0v) is 7.75. The zero-order chi connectivity index (χ0) is 11.3. The van der Waals surface area contributed by atoms with Gasteiger partial charge < -0.3 is 10.2 Å². The van der Waals surface area contributed by atoms with E-state index in [2.05, 4.69) is 4.99 Å². The standard InChI is InChI=1S/C10H9NO4/c12-6-7-1-2-9(13)8(3-7)4-11-5-10(14)15/h1-4,6,13H,5H2,(H,14,15). The van der Waals surface area contributed by atoms with Crippen molar-refractivity contribution >= 4 is 18.5 Å². The van der Waals surface area contributed by atoms with E-state index >= 15 is 0 Å². The van der Waals surface area contributed by atoms with Crippen LogP contribution in [0.15, 0.2) is 23.2 Å². The van der Waals surface area contributed by atoms with Crippen LogP contribution in [0.4, 0.5) is 0 Å². The largest absolute Gasteiger partial charge is 0.507 e. The third-order valence-corrected chi connectivity index (χ3v) is 1.64. The predicted octanol–water partition coefficient (Wildman–Crippen LogP) is 0.708. The van der Waals surface area contributed by atoms with E-state index in [-0.39, 0.29) is 12.3 Å². The molecular weight excluding hydrogens is 198 g/mol. The van der Waals surface area contributed by atoms with E-state index in [1.807, 2.05) is 0 Å². The average Bonchev–Trinajstić information content (AvgIpc) is 2.20. The van der Waals surface area contributed by atoms with Crippen molar-refractivity contribution in [3.8, 4) is 5.75 Å². The SMILES string of the molecule is O=Cc1ccc(O)c(C=NCC(=O)O)c1. The van der Waals surface area contributed by atoms with Crippen LogP contribution in [0.25, 0.3) is 0 Å². The van der Waals surface area contributed by atoms with Crippen LogP contribution in [0.1, 0.15) is 15.9 Å². The quantitative estimate of drug-likeness (QED) is 0.562. The van der Waals surface area contributed by atoms with E-state index in [4.69, 9.17) is 5.11 Å². The molecule has 15 heavy (non-hydrogen) atoms. The van der Waals surface area contributed by atoms with E-state index < -0.39 is 5.97 Å². The first-order valence-corrected chi connectivity index (χ1v) is 4.13. The number of nitrogens with zero attached hydrogens (tertiary/aromatic N) is 1. The smallest absolute Gasteiger partial charge is 0.325 e. The van der Waals surface area contributed by atoms with Crippen LogP contribution < -0.4 is 0 Å². The maximum absolute atomic E-state index is 10.4. The van der Waals surface area contributed by atoms with Crippen molar-refractivity contribution in [2.45, 2.75) is 0 Å². The number of phenols is 1. The number of phenolic OH excluding ortho intramolecular Hbond substituents is 1. The second kappa shape index (κ2) is 4.90. The molecule has 0 aliphatic heterocycles. The van der Waals surface area contributed by atoms with E-state index in [0.29, 0.717) is 17.4 Å². The van der Waals surface area contributed by atoms with E-state index in [1.54, 1.807) is 0 Å². The first kappa shape index (κ1) is 10.9. The van der Waals surface area contributed by atoms with Gasteiger partial charge in [0, 0.05) is 17.3 Å². The number of carboxylic acid groups (broad SMARTS) is 1. The van der Waals surface area contributed by atoms with Crippen LogP contribution in [0, 0.1) is 0 Å². The Kier molecular flexibility index (Phi) is 3.56. The highest BCUT2D eigenvalue weighted by Gasteiger charge is 2.00. The van der Waals surface area contributed by atoms with Crippen molar-refractivity contribution in [2.24, 2.45) is 4.99 Å². The molecule has 1 rings (SSSR count). The first-order chi connectivity index (χ1) is 7.13. The van der Waals surface area contributed by atoms with Gasteiger partial charge in [0.25, 0.3) is 0 Å². The fraction of sp³-hybridized carbons (Fsp3) is 0.100. The topological polar surface area (TPSA) is 87.0 Å². The van der Waals surface area contributed by atoms with Crippen LogP contribution in [0.3, 0.4) is 0 Å². The summed E-state index contributed by atoms with van der Waals surface area (Å²) < 4.78 is 0. The lowest BCUT2D eigenvalue weighted by Crippen LogP contribution is -1.99. The Hall–Kier alpha value is -2.17. The molecule has 0 aromatic heterocycles. The fourth-order valence-electron chi connectivity index (χ4n) is 0.972. The summed E-state index contributed by atoms with van der Waals surface area (Å²) in [7, 11) is 0. The molecule has 5 nitrogen and oxygen atoms in total. The lowest BCUT2D eigenvalue weighted by atomic mass is 10.1. The van der Waals surface area contributed by atoms with Gasteiger partial charge in [0.1, 0.15) is 18.6 Å². The second-order valence-electron chi connectivity index (χ2n) is 2.80. The van der Waals surface area contributed by atoms with Gasteiger partial charge in [-0.25, -0.2) is 0 Å². The molecule has 0 unspecified atom stereocenters. The molecule has 78 valence electrons. The molecule has 0 saturated carbocycles. The number of rotatable bonds is 4. The van der Waals surface area contributed by atoms with Crippen LogP contribution >= 0.6 is 0 Å². The molecule has 1 aromatic rings. The van der Waals surface area contributed by atoms with Crippen LogP contribution in [0.2, 0.25) is 0 Å². The van der Waals surface area contributed by atoms with Gasteiger partial charge in [-0.3, -0.25) is 14.6 Å². The maximum atomic E-state index is 10.4. The maximum Gasteiger partial charge on any atom is 0.325 e. The number of aliphatic imine (C=N–C) groups is 1. The van der Waals surface area contributed by atoms with Crippen LogP contribution in [-0.4, -0.2) is 35.2 Å². The van der Waals surface area contributed by atoms with Gasteiger partial charge in [-0.15, -0.1) is 0 Å². The van der Waals surface area contributed by atoms with Crippen molar-refractivity contribution in [2.75, 3.05) is 6.54 Å². The Balaban J connectivity index is 2.88. The van der Waals surface area contributed by atoms with Gasteiger partial charge in [-0.2, -0.15) is 0 Å². The fourth-order valence-corrected chi connectivity index (χ4v) is 0.972. The monoisotopic (exact) mass is 207 g/mol. The zero-order valence-electron chi connectivity index (χ0n) is 7.75. The summed E-state index contributed by atoms with van der Waals surface area (Å²) in [5.41, 5.74) is 0.713. The summed E-state index contributed by atoms with van der Waals surface area (Å²) in [5.74, 6) is -1.10. The number of carboxylic acids is 1. The number of aliphatic carboxylic acids is 1. The molecule has 0 spiro atoms. The Morgan fingerprint density at radius 3 is 2.80 bits per heavy atom. The lowest BCUT2D eigenvalue weighted by Gasteiger charge is -1.98. The Bertz CT molecular complexity index is 412. The van der Waals surface area contributed by atoms with Crippen molar-refractivity contribution in [3.63, 3.8) is 0 Å². The predicted molar refractivity (Wildman–Crippen MR) is 53.6 cm³/mol. The number of benzene rings is 1. The molecule has 0 atom stereocenters. The molecular formula is C10H9NO4. The van der Waals surface area contributed by atoms with Crippen molar-refractivity contribution in [3.05, 3.63) is 29.3 Å². The summed E-state index contributed by atoms with van der Waals surface area (Å²) >= 11 is 0. The van der Waals surface area contributed by atoms with Crippen molar-refractivity contribution in [1.82, 2.24) is 0 Å². The van der Waals surface area contributed by atoms with Crippen LogP contribution in [0.5, 0.6) is 5.75 Å². The highest BCUT2D eigenvalue weighted by Crippen LogP contribution is 2.15. The summed E-state index contributed by atoms with van der Waals surface area (Å²) in [6.07, 6.45) is 1.85. The van der Waals surface area contributed by atoms with Gasteiger partial charge in [0.2, 0.25) is 0 Å². The Morgan fingerprint density at radius 1 is 1.47 bits per heavy atom. The van der Waals surface area contributed by atoms with Crippen LogP contribution in [-0.2, 0) is 4.79 Å². The van der Waals surface area contributed by atoms with Crippen molar-refractivity contribution in [1.29, 1.82) is 0 Å². The number of carbonyl (C=O) groups is 2. The number of hydrogen-bond donors (Lipinski definition) is 2. The summed E-state index contributed by atoms with van der Waals surface area (Å²) in [5, 5.41) is 17.7. The highest BCUT2D eigenvalue weighted by atomic mass is 16.4. The van der Waals surface area contributed by atoms with Gasteiger partial charge in [0.05, 0.1) is 0 Å². The molecule has 1 aromatic carbocycles. The minimum atomic E-state index is -1.06. The minimum Gasteiger partial charge on any atom is -0.507 e. The molecule has 0 amide bonds. The molecule has 0 aliphatic rings. The molecule has 5 heteroatoms. The van der Waals surface area contributed by atoms with Gasteiger partial charge in [-0.1, -0.05) is 0 Å². The molecule has 0 radical (unpaired) electrons. The number of carbonyl (C=O) groups excluding carboxylic acids is 1. The Morgan fingerprint density at radius 2 is 2.20 bits per heavy atom. The average molecular weight is 207 g/mol. The lowest BCUT2D eigenvalue weighted by molar-refractivity contribution is -0.135. The molecule has 2 N–H and O–H groups in total. The minimum absolute atomic E-state index is 0.0465. The number of aromatic hydroxyl groups is 1. The highest BCUT2D eigenvalue weighted by molar-refractivity contribution is 5.88. The molecule has 0 fully saturated rings. The van der Waals surface area contributed by atoms with Gasteiger partial charge in [0.15, 0.2) is 0 Å². The third kappa shape index (κ3) is 3.22. The second-order valence-corrected chi connectivity index (χ2v) is 2.80. The van der Waals surface area contributed by atoms with Gasteiger partial charge >= 0.3 is 5.97 Å². The van der Waals surface area contributed by atoms with E-state index in [9.17, 15) is 14.7 Å². The molecule has 0 heterocycles. The molecule has 0 bridgehead atoms. The first-order valence-electron chi connectivity index (χ1n) is 4.13. The number of hydrogen-bond acceptors (Lipinski definition) is 4. The summed E-state index contributed by atoms with van der Waals surface area (Å²) in [6, 6.07) is 4.23. The summed E-state index contributed by atoms with van der Waals surface area (Å²) in [4.78, 5) is 24.2. The van der Waals surface area contributed by atoms with E-state index in [0.717, 1.165) is 0 Å². The van der Waals surface area contributed by atoms with E-state index in [1.165, 1.54) is 24.4 Å². The Labute approximate surface area is 85.7 Å². The van der Waals surface area contributed by atoms with Crippen molar-refractivity contribution < 1.29 is 19.8 Å². The third-order valence-electron chi connectivity index (χ3n) is 1.64. The normalized spacial score (nSPS) is 10.4. The van der Waals surface area contributed by atoms with Gasteiger partial charge in [-0.05, 0) is 18.2 Å². The molecule has 0 aliphatic carbocycles. The molecule has 0 saturated heterocycles.